The molecule has 142 valence electrons. The van der Waals surface area contributed by atoms with Crippen molar-refractivity contribution in [2.45, 2.75) is 0 Å². The summed E-state index contributed by atoms with van der Waals surface area (Å²) in [6.07, 6.45) is 1.53. The Morgan fingerprint density at radius 3 is 2.57 bits per heavy atom. The van der Waals surface area contributed by atoms with Crippen LogP contribution in [0.4, 0.5) is 11.4 Å². The topological polar surface area (TPSA) is 113 Å². The zero-order valence-electron chi connectivity index (χ0n) is 14.3. The average Bonchev–Trinajstić information content (AvgIpc) is 2.91. The number of amides is 1. The Kier molecular flexibility index (Phi) is 5.48. The highest BCUT2D eigenvalue weighted by atomic mass is 35.5. The van der Waals surface area contributed by atoms with Gasteiger partial charge in [0.15, 0.2) is 5.17 Å². The van der Waals surface area contributed by atoms with Crippen LogP contribution in [0.3, 0.4) is 0 Å². The maximum atomic E-state index is 12.5. The highest BCUT2D eigenvalue weighted by Crippen LogP contribution is 2.34. The number of carboxylic acids is 1. The lowest BCUT2D eigenvalue weighted by molar-refractivity contribution is -0.384. The molecular weight excluding hydrogens is 406 g/mol. The van der Waals surface area contributed by atoms with Crippen LogP contribution in [0.25, 0.3) is 6.08 Å². The average molecular weight is 418 g/mol. The zero-order chi connectivity index (χ0) is 20.4. The van der Waals surface area contributed by atoms with E-state index >= 15 is 0 Å². The third-order valence-electron chi connectivity index (χ3n) is 3.81. The van der Waals surface area contributed by atoms with Gasteiger partial charge in [0.1, 0.15) is 5.02 Å². The monoisotopic (exact) mass is 417 g/mol. The lowest BCUT2D eigenvalue weighted by Crippen LogP contribution is -2.23. The number of nitro groups is 1. The normalized spacial score (nSPS) is 16.8. The van der Waals surface area contributed by atoms with E-state index in [0.29, 0.717) is 21.3 Å². The van der Waals surface area contributed by atoms with Gasteiger partial charge in [-0.3, -0.25) is 19.8 Å². The summed E-state index contributed by atoms with van der Waals surface area (Å²) in [7, 11) is 1.56. The van der Waals surface area contributed by atoms with Gasteiger partial charge >= 0.3 is 5.97 Å². The summed E-state index contributed by atoms with van der Waals surface area (Å²) in [6.45, 7) is 0. The van der Waals surface area contributed by atoms with Gasteiger partial charge in [0.25, 0.3) is 11.6 Å². The van der Waals surface area contributed by atoms with Gasteiger partial charge in [-0.15, -0.1) is 0 Å². The minimum Gasteiger partial charge on any atom is -0.478 e. The Hall–Kier alpha value is -3.17. The molecule has 0 bridgehead atoms. The van der Waals surface area contributed by atoms with Crippen molar-refractivity contribution in [3.8, 4) is 0 Å². The second-order valence-electron chi connectivity index (χ2n) is 5.69. The molecular formula is C18H12ClN3O5S. The zero-order valence-corrected chi connectivity index (χ0v) is 15.9. The maximum absolute atomic E-state index is 12.5. The van der Waals surface area contributed by atoms with Gasteiger partial charge in [-0.1, -0.05) is 17.7 Å². The number of aromatic carboxylic acids is 1. The highest BCUT2D eigenvalue weighted by Gasteiger charge is 2.30. The number of carbonyl (C=O) groups excluding carboxylic acids is 1. The van der Waals surface area contributed by atoms with Crippen LogP contribution >= 0.6 is 23.4 Å². The smallest absolute Gasteiger partial charge is 0.335 e. The number of hydrogen-bond donors (Lipinski definition) is 1. The summed E-state index contributed by atoms with van der Waals surface area (Å²) >= 11 is 6.92. The van der Waals surface area contributed by atoms with Crippen LogP contribution in [0.1, 0.15) is 15.9 Å². The van der Waals surface area contributed by atoms with Gasteiger partial charge in [0.2, 0.25) is 0 Å². The summed E-state index contributed by atoms with van der Waals surface area (Å²) in [5.74, 6) is -1.34. The third kappa shape index (κ3) is 4.05. The van der Waals surface area contributed by atoms with Crippen LogP contribution in [-0.4, -0.2) is 39.0 Å². The second-order valence-corrected chi connectivity index (χ2v) is 7.11. The molecule has 0 atom stereocenters. The van der Waals surface area contributed by atoms with Gasteiger partial charge < -0.3 is 5.11 Å². The molecule has 0 radical (unpaired) electrons. The van der Waals surface area contributed by atoms with Gasteiger partial charge in [-0.2, -0.15) is 0 Å². The first-order valence-corrected chi connectivity index (χ1v) is 8.99. The lowest BCUT2D eigenvalue weighted by Gasteiger charge is -2.07. The van der Waals surface area contributed by atoms with Gasteiger partial charge in [-0.05, 0) is 53.7 Å². The van der Waals surface area contributed by atoms with Gasteiger partial charge in [0.05, 0.1) is 21.1 Å². The fraction of sp³-hybridized carbons (Fsp3) is 0.0556. The summed E-state index contributed by atoms with van der Waals surface area (Å²) in [6, 6.07) is 10.2. The van der Waals surface area contributed by atoms with Crippen molar-refractivity contribution < 1.29 is 19.6 Å². The lowest BCUT2D eigenvalue weighted by atomic mass is 10.2. The number of nitrogens with zero attached hydrogens (tertiary/aromatic N) is 3. The molecule has 2 aromatic rings. The fourth-order valence-corrected chi connectivity index (χ4v) is 3.52. The maximum Gasteiger partial charge on any atom is 0.335 e. The molecule has 0 aromatic heterocycles. The number of thioether (sulfide) groups is 1. The van der Waals surface area contributed by atoms with E-state index in [-0.39, 0.29) is 22.2 Å². The molecule has 0 aliphatic carbocycles. The van der Waals surface area contributed by atoms with E-state index in [9.17, 15) is 19.7 Å². The van der Waals surface area contributed by atoms with Crippen LogP contribution in [0.2, 0.25) is 5.02 Å². The van der Waals surface area contributed by atoms with E-state index in [4.69, 9.17) is 16.7 Å². The quantitative estimate of drug-likeness (QED) is 0.453. The van der Waals surface area contributed by atoms with E-state index in [0.717, 1.165) is 11.8 Å². The minimum absolute atomic E-state index is 0.0155. The molecule has 8 nitrogen and oxygen atoms in total. The van der Waals surface area contributed by atoms with Crippen molar-refractivity contribution in [3.63, 3.8) is 0 Å². The summed E-state index contributed by atoms with van der Waals surface area (Å²) in [5, 5.41) is 20.4. The van der Waals surface area contributed by atoms with Crippen LogP contribution in [0, 0.1) is 10.1 Å². The first-order chi connectivity index (χ1) is 13.3. The van der Waals surface area contributed by atoms with E-state index in [1.165, 1.54) is 35.2 Å². The van der Waals surface area contributed by atoms with Gasteiger partial charge in [0, 0.05) is 13.1 Å². The molecule has 28 heavy (non-hydrogen) atoms. The van der Waals surface area contributed by atoms with Crippen LogP contribution in [-0.2, 0) is 4.79 Å². The number of amidine groups is 1. The number of carboxylic acid groups (broad SMARTS) is 1. The molecule has 0 spiro atoms. The van der Waals surface area contributed by atoms with E-state index in [1.807, 2.05) is 0 Å². The molecule has 1 aliphatic heterocycles. The number of likely N-dealkylation sites (N-methyl/N-ethyl adjacent to an activating group) is 1. The summed E-state index contributed by atoms with van der Waals surface area (Å²) in [5.41, 5.74) is 0.854. The molecule has 10 heteroatoms. The molecule has 1 aliphatic rings. The Morgan fingerprint density at radius 2 is 1.96 bits per heavy atom. The van der Waals surface area contributed by atoms with Crippen molar-refractivity contribution >= 4 is 57.9 Å². The van der Waals surface area contributed by atoms with Gasteiger partial charge in [-0.25, -0.2) is 9.79 Å². The minimum atomic E-state index is -1.04. The van der Waals surface area contributed by atoms with Crippen molar-refractivity contribution in [3.05, 3.63) is 73.6 Å². The summed E-state index contributed by atoms with van der Waals surface area (Å²) < 4.78 is 0. The largest absolute Gasteiger partial charge is 0.478 e. The predicted molar refractivity (Wildman–Crippen MR) is 107 cm³/mol. The van der Waals surface area contributed by atoms with Crippen LogP contribution in [0.15, 0.2) is 52.4 Å². The molecule has 1 heterocycles. The number of hydrogen-bond acceptors (Lipinski definition) is 6. The molecule has 0 saturated carbocycles. The molecule has 1 saturated heterocycles. The fourth-order valence-electron chi connectivity index (χ4n) is 2.35. The first kappa shape index (κ1) is 19.6. The van der Waals surface area contributed by atoms with Crippen LogP contribution < -0.4 is 0 Å². The molecule has 2 aromatic carbocycles. The third-order valence-corrected chi connectivity index (χ3v) is 5.19. The SMILES string of the molecule is CN1C(=O)/C(=C\c2ccc(Cl)c([N+](=O)[O-])c2)SC1=Nc1ccc(C(=O)O)cc1. The number of nitro benzene ring substituents is 1. The Labute approximate surface area is 168 Å². The first-order valence-electron chi connectivity index (χ1n) is 7.80. The number of rotatable bonds is 4. The van der Waals surface area contributed by atoms with Crippen molar-refractivity contribution in [2.75, 3.05) is 7.05 Å². The van der Waals surface area contributed by atoms with Crippen molar-refractivity contribution in [1.29, 1.82) is 0 Å². The number of carbonyl (C=O) groups is 2. The van der Waals surface area contributed by atoms with Crippen molar-refractivity contribution in [2.24, 2.45) is 4.99 Å². The van der Waals surface area contributed by atoms with E-state index in [2.05, 4.69) is 4.99 Å². The molecule has 1 N–H and O–H groups in total. The Balaban J connectivity index is 1.89. The van der Waals surface area contributed by atoms with Crippen molar-refractivity contribution in [1.82, 2.24) is 4.90 Å². The van der Waals surface area contributed by atoms with E-state index in [1.54, 1.807) is 25.2 Å². The summed E-state index contributed by atoms with van der Waals surface area (Å²) in [4.78, 5) is 39.8. The number of aliphatic imine (C=N–C) groups is 1. The molecule has 1 amide bonds. The second kappa shape index (κ2) is 7.83. The molecule has 3 rings (SSSR count). The van der Waals surface area contributed by atoms with E-state index < -0.39 is 10.9 Å². The molecule has 0 unspecified atom stereocenters. The Bertz CT molecular complexity index is 1050. The molecule has 1 fully saturated rings. The van der Waals surface area contributed by atoms with Crippen LogP contribution in [0.5, 0.6) is 0 Å². The Morgan fingerprint density at radius 1 is 1.29 bits per heavy atom. The standard InChI is InChI=1S/C18H12ClN3O5S/c1-21-16(23)15(9-10-2-7-13(19)14(8-10)22(26)27)28-18(21)20-12-5-3-11(4-6-12)17(24)25/h2-9H,1H3,(H,24,25)/b15-9+,20-18?. The predicted octanol–water partition coefficient (Wildman–Crippen LogP) is 4.18. The number of halogens is 1. The number of benzene rings is 2. The highest BCUT2D eigenvalue weighted by molar-refractivity contribution is 8.18.